The van der Waals surface area contributed by atoms with Crippen LogP contribution < -0.4 is 10.1 Å². The summed E-state index contributed by atoms with van der Waals surface area (Å²) in [5.41, 5.74) is 1.96. The first-order valence-electron chi connectivity index (χ1n) is 8.10. The number of nitrogens with one attached hydrogen (secondary N) is 1. The second kappa shape index (κ2) is 6.21. The second-order valence-electron chi connectivity index (χ2n) is 6.02. The lowest BCUT2D eigenvalue weighted by atomic mass is 9.85. The van der Waals surface area contributed by atoms with E-state index in [1.807, 2.05) is 6.92 Å². The number of hydrogen-bond donors (Lipinski definition) is 1. The Bertz CT molecular complexity index is 984. The molecule has 0 radical (unpaired) electrons. The smallest absolute Gasteiger partial charge is 0.233 e. The molecule has 0 saturated heterocycles. The van der Waals surface area contributed by atoms with Gasteiger partial charge in [-0.1, -0.05) is 18.2 Å². The van der Waals surface area contributed by atoms with Crippen molar-refractivity contribution in [3.63, 3.8) is 0 Å². The van der Waals surface area contributed by atoms with E-state index >= 15 is 0 Å². The van der Waals surface area contributed by atoms with Gasteiger partial charge in [-0.25, -0.2) is 4.39 Å². The molecule has 0 aliphatic carbocycles. The Labute approximate surface area is 148 Å². The molecular formula is C18H16FN5O2. The highest BCUT2D eigenvalue weighted by atomic mass is 19.1. The monoisotopic (exact) mass is 353 g/mol. The molecule has 2 aromatic heterocycles. The van der Waals surface area contributed by atoms with Crippen molar-refractivity contribution >= 4 is 11.7 Å². The molecule has 1 amide bonds. The predicted octanol–water partition coefficient (Wildman–Crippen LogP) is 2.59. The molecule has 1 atom stereocenters. The van der Waals surface area contributed by atoms with E-state index in [0.717, 1.165) is 5.56 Å². The molecule has 0 unspecified atom stereocenters. The minimum Gasteiger partial charge on any atom is -0.480 e. The minimum absolute atomic E-state index is 0.161. The zero-order chi connectivity index (χ0) is 18.3. The Hall–Kier alpha value is -3.29. The van der Waals surface area contributed by atoms with Crippen molar-refractivity contribution in [3.05, 3.63) is 59.0 Å². The average molecular weight is 353 g/mol. The van der Waals surface area contributed by atoms with Crippen molar-refractivity contribution < 1.29 is 13.9 Å². The van der Waals surface area contributed by atoms with Crippen molar-refractivity contribution in [1.29, 1.82) is 0 Å². The molecule has 0 fully saturated rings. The molecule has 1 aromatic carbocycles. The average Bonchev–Trinajstić information content (AvgIpc) is 2.98. The van der Waals surface area contributed by atoms with Gasteiger partial charge in [-0.15, -0.1) is 10.2 Å². The highest BCUT2D eigenvalue weighted by molar-refractivity contribution is 5.95. The molecule has 1 aliphatic rings. The summed E-state index contributed by atoms with van der Waals surface area (Å²) in [6.45, 7) is 1.83. The summed E-state index contributed by atoms with van der Waals surface area (Å²) in [7, 11) is 1.50. The van der Waals surface area contributed by atoms with E-state index in [1.54, 1.807) is 30.3 Å². The molecule has 1 N–H and O–H groups in total. The summed E-state index contributed by atoms with van der Waals surface area (Å²) in [5, 5.41) is 15.3. The van der Waals surface area contributed by atoms with Crippen LogP contribution in [0.5, 0.6) is 5.88 Å². The third-order valence-corrected chi connectivity index (χ3v) is 4.44. The van der Waals surface area contributed by atoms with Gasteiger partial charge in [0.25, 0.3) is 0 Å². The van der Waals surface area contributed by atoms with Crippen LogP contribution in [0.25, 0.3) is 5.82 Å². The lowest BCUT2D eigenvalue weighted by molar-refractivity contribution is -0.116. The van der Waals surface area contributed by atoms with Crippen LogP contribution in [0.2, 0.25) is 0 Å². The number of fused-ring (bicyclic) bond motifs is 1. The summed E-state index contributed by atoms with van der Waals surface area (Å²) in [5.74, 6) is 0.360. The SMILES string of the molecule is COc1ccc(-n2nc(C)c3c2NC(=O)C[C@@H]3c2ccccc2F)nn1. The number of benzene rings is 1. The maximum atomic E-state index is 14.3. The lowest BCUT2D eigenvalue weighted by Crippen LogP contribution is -2.25. The summed E-state index contributed by atoms with van der Waals surface area (Å²) < 4.78 is 20.9. The number of rotatable bonds is 3. The highest BCUT2D eigenvalue weighted by Crippen LogP contribution is 2.40. The molecule has 8 heteroatoms. The van der Waals surface area contributed by atoms with Gasteiger partial charge in [0.05, 0.1) is 12.8 Å². The van der Waals surface area contributed by atoms with Gasteiger partial charge in [-0.2, -0.15) is 9.78 Å². The van der Waals surface area contributed by atoms with E-state index in [-0.39, 0.29) is 18.1 Å². The van der Waals surface area contributed by atoms with Crippen LogP contribution >= 0.6 is 0 Å². The number of carbonyl (C=O) groups is 1. The van der Waals surface area contributed by atoms with Crippen LogP contribution in [0.15, 0.2) is 36.4 Å². The molecule has 1 aliphatic heterocycles. The number of hydrogen-bond acceptors (Lipinski definition) is 5. The highest BCUT2D eigenvalue weighted by Gasteiger charge is 2.34. The van der Waals surface area contributed by atoms with Crippen molar-refractivity contribution in [2.45, 2.75) is 19.3 Å². The zero-order valence-corrected chi connectivity index (χ0v) is 14.2. The van der Waals surface area contributed by atoms with E-state index < -0.39 is 5.92 Å². The summed E-state index contributed by atoms with van der Waals surface area (Å²) >= 11 is 0. The lowest BCUT2D eigenvalue weighted by Gasteiger charge is -2.24. The fourth-order valence-corrected chi connectivity index (χ4v) is 3.27. The number of halogens is 1. The Kier molecular flexibility index (Phi) is 3.87. The van der Waals surface area contributed by atoms with Gasteiger partial charge in [0.1, 0.15) is 11.6 Å². The van der Waals surface area contributed by atoms with Crippen molar-refractivity contribution in [3.8, 4) is 11.7 Å². The molecule has 0 spiro atoms. The number of nitrogens with zero attached hydrogens (tertiary/aromatic N) is 4. The Morgan fingerprint density at radius 1 is 1.23 bits per heavy atom. The topological polar surface area (TPSA) is 81.9 Å². The second-order valence-corrected chi connectivity index (χ2v) is 6.02. The third kappa shape index (κ3) is 2.59. The number of carbonyl (C=O) groups excluding carboxylic acids is 1. The summed E-state index contributed by atoms with van der Waals surface area (Å²) in [4.78, 5) is 12.3. The van der Waals surface area contributed by atoms with Crippen molar-refractivity contribution in [2.24, 2.45) is 0 Å². The molecule has 26 heavy (non-hydrogen) atoms. The Balaban J connectivity index is 1.86. The van der Waals surface area contributed by atoms with E-state index in [2.05, 4.69) is 20.6 Å². The van der Waals surface area contributed by atoms with Crippen LogP contribution in [-0.4, -0.2) is 33.0 Å². The fraction of sp³-hybridized carbons (Fsp3) is 0.222. The van der Waals surface area contributed by atoms with Gasteiger partial charge < -0.3 is 10.1 Å². The van der Waals surface area contributed by atoms with Gasteiger partial charge in [0.2, 0.25) is 11.8 Å². The van der Waals surface area contributed by atoms with Gasteiger partial charge in [-0.3, -0.25) is 4.79 Å². The molecule has 3 aromatic rings. The van der Waals surface area contributed by atoms with Crippen LogP contribution in [0.1, 0.15) is 29.2 Å². The van der Waals surface area contributed by atoms with Gasteiger partial charge in [0.15, 0.2) is 5.82 Å². The number of aryl methyl sites for hydroxylation is 1. The van der Waals surface area contributed by atoms with Gasteiger partial charge in [0, 0.05) is 24.0 Å². The molecule has 3 heterocycles. The van der Waals surface area contributed by atoms with E-state index in [0.29, 0.717) is 28.8 Å². The zero-order valence-electron chi connectivity index (χ0n) is 14.2. The van der Waals surface area contributed by atoms with Crippen LogP contribution in [0, 0.1) is 12.7 Å². The first-order valence-corrected chi connectivity index (χ1v) is 8.10. The molecule has 7 nitrogen and oxygen atoms in total. The molecule has 0 bridgehead atoms. The fourth-order valence-electron chi connectivity index (χ4n) is 3.27. The molecular weight excluding hydrogens is 337 g/mol. The first kappa shape index (κ1) is 16.2. The molecule has 4 rings (SSSR count). The standard InChI is InChI=1S/C18H16FN5O2/c1-10-17-12(11-5-3-4-6-13(11)19)9-15(25)20-18(17)24(23-10)14-7-8-16(26-2)22-21-14/h3-8,12H,9H2,1-2H3,(H,20,25)/t12-/m1/s1. The number of methoxy groups -OCH3 is 1. The van der Waals surface area contributed by atoms with Gasteiger partial charge in [-0.05, 0) is 24.6 Å². The van der Waals surface area contributed by atoms with Gasteiger partial charge >= 0.3 is 0 Å². The summed E-state index contributed by atoms with van der Waals surface area (Å²) in [6, 6.07) is 9.84. The van der Waals surface area contributed by atoms with Crippen LogP contribution in [0.4, 0.5) is 10.2 Å². The van der Waals surface area contributed by atoms with E-state index in [1.165, 1.54) is 17.9 Å². The third-order valence-electron chi connectivity index (χ3n) is 4.44. The maximum absolute atomic E-state index is 14.3. The first-order chi connectivity index (χ1) is 12.6. The van der Waals surface area contributed by atoms with E-state index in [4.69, 9.17) is 4.74 Å². The maximum Gasteiger partial charge on any atom is 0.233 e. The number of anilines is 1. The summed E-state index contributed by atoms with van der Waals surface area (Å²) in [6.07, 6.45) is 0.161. The van der Waals surface area contributed by atoms with Crippen LogP contribution in [-0.2, 0) is 4.79 Å². The normalized spacial score (nSPS) is 16.1. The van der Waals surface area contributed by atoms with E-state index in [9.17, 15) is 9.18 Å². The molecule has 132 valence electrons. The minimum atomic E-state index is -0.403. The van der Waals surface area contributed by atoms with Crippen molar-refractivity contribution in [1.82, 2.24) is 20.0 Å². The molecule has 0 saturated carbocycles. The largest absolute Gasteiger partial charge is 0.480 e. The number of ether oxygens (including phenoxy) is 1. The van der Waals surface area contributed by atoms with Crippen molar-refractivity contribution in [2.75, 3.05) is 12.4 Å². The quantitative estimate of drug-likeness (QED) is 0.783. The predicted molar refractivity (Wildman–Crippen MR) is 91.9 cm³/mol. The number of aromatic nitrogens is 4. The number of amides is 1. The van der Waals surface area contributed by atoms with Crippen LogP contribution in [0.3, 0.4) is 0 Å². The Morgan fingerprint density at radius 2 is 2.04 bits per heavy atom. The Morgan fingerprint density at radius 3 is 2.73 bits per heavy atom.